The fraction of sp³-hybridized carbons (Fsp3) is 0.875. The molecule has 0 radical (unpaired) electrons. The Balaban J connectivity index is 1.78. The summed E-state index contributed by atoms with van der Waals surface area (Å²) in [5.41, 5.74) is 0. The summed E-state index contributed by atoms with van der Waals surface area (Å²) in [6.45, 7) is 8.01. The molecule has 2 aliphatic heterocycles. The van der Waals surface area contributed by atoms with E-state index in [0.29, 0.717) is 19.0 Å². The van der Waals surface area contributed by atoms with Crippen LogP contribution < -0.4 is 16.0 Å². The number of likely N-dealkylation sites (tertiary alicyclic amines) is 1. The molecule has 0 bridgehead atoms. The number of carbonyl (C=O) groups excluding carboxylic acids is 2. The summed E-state index contributed by atoms with van der Waals surface area (Å²) in [6.07, 6.45) is 3.93. The van der Waals surface area contributed by atoms with Gasteiger partial charge in [0, 0.05) is 32.2 Å². The van der Waals surface area contributed by atoms with Crippen LogP contribution in [-0.4, -0.2) is 55.6 Å². The van der Waals surface area contributed by atoms with Crippen molar-refractivity contribution in [3.8, 4) is 0 Å². The minimum atomic E-state index is -0.0690. The Labute approximate surface area is 133 Å². The maximum atomic E-state index is 12.4. The molecule has 2 heterocycles. The van der Waals surface area contributed by atoms with E-state index in [1.807, 2.05) is 0 Å². The number of urea groups is 1. The van der Waals surface area contributed by atoms with Gasteiger partial charge in [0.1, 0.15) is 0 Å². The predicted molar refractivity (Wildman–Crippen MR) is 86.6 cm³/mol. The van der Waals surface area contributed by atoms with E-state index in [0.717, 1.165) is 45.3 Å². The number of nitrogens with one attached hydrogen (secondary N) is 3. The molecule has 22 heavy (non-hydrogen) atoms. The third-order valence-corrected chi connectivity index (χ3v) is 4.38. The fourth-order valence-electron chi connectivity index (χ4n) is 3.07. The first-order valence-electron chi connectivity index (χ1n) is 8.60. The lowest BCUT2D eigenvalue weighted by molar-refractivity contribution is -0.127. The average molecular weight is 310 g/mol. The summed E-state index contributed by atoms with van der Waals surface area (Å²) in [5.74, 6) is 0.474. The molecule has 0 aromatic rings. The van der Waals surface area contributed by atoms with Crippen LogP contribution in [0, 0.1) is 11.8 Å². The molecule has 2 aliphatic rings. The quantitative estimate of drug-likeness (QED) is 0.723. The molecule has 0 aromatic carbocycles. The SMILES string of the molecule is CC(C)CNC(=O)N1CCCC(C(=O)NC2CCCNC2)C1. The van der Waals surface area contributed by atoms with Gasteiger partial charge in [-0.3, -0.25) is 4.79 Å². The summed E-state index contributed by atoms with van der Waals surface area (Å²) in [6, 6.07) is 0.205. The number of amides is 3. The van der Waals surface area contributed by atoms with Crippen LogP contribution in [0.5, 0.6) is 0 Å². The molecule has 0 aliphatic carbocycles. The second kappa shape index (κ2) is 8.36. The van der Waals surface area contributed by atoms with Crippen molar-refractivity contribution in [1.29, 1.82) is 0 Å². The van der Waals surface area contributed by atoms with Crippen LogP contribution in [-0.2, 0) is 4.79 Å². The largest absolute Gasteiger partial charge is 0.352 e. The van der Waals surface area contributed by atoms with Gasteiger partial charge in [-0.1, -0.05) is 13.8 Å². The molecule has 2 fully saturated rings. The molecular formula is C16H30N4O2. The third kappa shape index (κ3) is 5.16. The van der Waals surface area contributed by atoms with Crippen molar-refractivity contribution >= 4 is 11.9 Å². The van der Waals surface area contributed by atoms with E-state index in [9.17, 15) is 9.59 Å². The lowest BCUT2D eigenvalue weighted by Gasteiger charge is -2.33. The molecule has 126 valence electrons. The summed E-state index contributed by atoms with van der Waals surface area (Å²) in [5, 5.41) is 9.38. The van der Waals surface area contributed by atoms with Gasteiger partial charge in [-0.15, -0.1) is 0 Å². The highest BCUT2D eigenvalue weighted by Crippen LogP contribution is 2.17. The van der Waals surface area contributed by atoms with Gasteiger partial charge in [-0.2, -0.15) is 0 Å². The third-order valence-electron chi connectivity index (χ3n) is 4.38. The molecule has 6 nitrogen and oxygen atoms in total. The Kier molecular flexibility index (Phi) is 6.49. The van der Waals surface area contributed by atoms with E-state index in [2.05, 4.69) is 29.8 Å². The number of rotatable bonds is 4. The maximum Gasteiger partial charge on any atom is 0.317 e. The molecule has 0 spiro atoms. The molecule has 0 aromatic heterocycles. The Morgan fingerprint density at radius 1 is 1.27 bits per heavy atom. The highest BCUT2D eigenvalue weighted by Gasteiger charge is 2.29. The zero-order chi connectivity index (χ0) is 15.9. The average Bonchev–Trinajstić information content (AvgIpc) is 2.53. The van der Waals surface area contributed by atoms with E-state index in [4.69, 9.17) is 0 Å². The monoisotopic (exact) mass is 310 g/mol. The van der Waals surface area contributed by atoms with Gasteiger partial charge in [0.2, 0.25) is 5.91 Å². The molecule has 3 amide bonds. The van der Waals surface area contributed by atoms with Gasteiger partial charge in [0.05, 0.1) is 5.92 Å². The topological polar surface area (TPSA) is 73.5 Å². The lowest BCUT2D eigenvalue weighted by Crippen LogP contribution is -2.52. The molecule has 3 N–H and O–H groups in total. The van der Waals surface area contributed by atoms with Crippen LogP contribution in [0.2, 0.25) is 0 Å². The number of hydrogen-bond acceptors (Lipinski definition) is 3. The fourth-order valence-corrected chi connectivity index (χ4v) is 3.07. The smallest absolute Gasteiger partial charge is 0.317 e. The number of hydrogen-bond donors (Lipinski definition) is 3. The molecule has 2 atom stereocenters. The zero-order valence-electron chi connectivity index (χ0n) is 13.9. The van der Waals surface area contributed by atoms with E-state index >= 15 is 0 Å². The summed E-state index contributed by atoms with van der Waals surface area (Å²) < 4.78 is 0. The minimum absolute atomic E-state index is 0.0365. The summed E-state index contributed by atoms with van der Waals surface area (Å²) in [7, 11) is 0. The van der Waals surface area contributed by atoms with Crippen molar-refractivity contribution in [1.82, 2.24) is 20.9 Å². The van der Waals surface area contributed by atoms with Gasteiger partial charge in [0.15, 0.2) is 0 Å². The van der Waals surface area contributed by atoms with Crippen molar-refractivity contribution < 1.29 is 9.59 Å². The summed E-state index contributed by atoms with van der Waals surface area (Å²) in [4.78, 5) is 26.3. The first kappa shape index (κ1) is 17.1. The van der Waals surface area contributed by atoms with Gasteiger partial charge < -0.3 is 20.9 Å². The van der Waals surface area contributed by atoms with Gasteiger partial charge >= 0.3 is 6.03 Å². The van der Waals surface area contributed by atoms with Crippen molar-refractivity contribution in [2.24, 2.45) is 11.8 Å². The van der Waals surface area contributed by atoms with Crippen molar-refractivity contribution in [3.05, 3.63) is 0 Å². The molecule has 6 heteroatoms. The second-order valence-corrected chi connectivity index (χ2v) is 6.92. The standard InChI is InChI=1S/C16H30N4O2/c1-12(2)9-18-16(22)20-8-4-5-13(11-20)15(21)19-14-6-3-7-17-10-14/h12-14,17H,3-11H2,1-2H3,(H,18,22)(H,19,21). The Morgan fingerprint density at radius 3 is 2.77 bits per heavy atom. The highest BCUT2D eigenvalue weighted by atomic mass is 16.2. The number of nitrogens with zero attached hydrogens (tertiary/aromatic N) is 1. The maximum absolute atomic E-state index is 12.4. The number of carbonyl (C=O) groups is 2. The Hall–Kier alpha value is -1.30. The van der Waals surface area contributed by atoms with Gasteiger partial charge in [-0.25, -0.2) is 4.79 Å². The van der Waals surface area contributed by atoms with Gasteiger partial charge in [-0.05, 0) is 38.1 Å². The Bertz CT molecular complexity index is 380. The first-order chi connectivity index (χ1) is 10.6. The zero-order valence-corrected chi connectivity index (χ0v) is 13.9. The molecule has 2 unspecified atom stereocenters. The number of piperidine rings is 2. The van der Waals surface area contributed by atoms with E-state index < -0.39 is 0 Å². The van der Waals surface area contributed by atoms with E-state index in [-0.39, 0.29) is 23.9 Å². The van der Waals surface area contributed by atoms with Crippen LogP contribution in [0.25, 0.3) is 0 Å². The van der Waals surface area contributed by atoms with Crippen molar-refractivity contribution in [3.63, 3.8) is 0 Å². The first-order valence-corrected chi connectivity index (χ1v) is 8.60. The van der Waals surface area contributed by atoms with Gasteiger partial charge in [0.25, 0.3) is 0 Å². The molecule has 2 saturated heterocycles. The highest BCUT2D eigenvalue weighted by molar-refractivity contribution is 5.81. The Morgan fingerprint density at radius 2 is 2.09 bits per heavy atom. The molecular weight excluding hydrogens is 280 g/mol. The van der Waals surface area contributed by atoms with Crippen LogP contribution in [0.15, 0.2) is 0 Å². The molecule has 2 rings (SSSR count). The second-order valence-electron chi connectivity index (χ2n) is 6.92. The van der Waals surface area contributed by atoms with Crippen LogP contribution >= 0.6 is 0 Å². The summed E-state index contributed by atoms with van der Waals surface area (Å²) >= 11 is 0. The van der Waals surface area contributed by atoms with E-state index in [1.54, 1.807) is 4.90 Å². The van der Waals surface area contributed by atoms with Crippen molar-refractivity contribution in [2.75, 3.05) is 32.7 Å². The van der Waals surface area contributed by atoms with Crippen LogP contribution in [0.3, 0.4) is 0 Å². The molecule has 0 saturated carbocycles. The predicted octanol–water partition coefficient (Wildman–Crippen LogP) is 0.932. The van der Waals surface area contributed by atoms with Crippen LogP contribution in [0.4, 0.5) is 4.79 Å². The minimum Gasteiger partial charge on any atom is -0.352 e. The van der Waals surface area contributed by atoms with Crippen molar-refractivity contribution in [2.45, 2.75) is 45.6 Å². The normalized spacial score (nSPS) is 25.9. The van der Waals surface area contributed by atoms with Crippen LogP contribution in [0.1, 0.15) is 39.5 Å². The van der Waals surface area contributed by atoms with E-state index in [1.165, 1.54) is 0 Å². The lowest BCUT2D eigenvalue weighted by atomic mass is 9.96.